The van der Waals surface area contributed by atoms with Gasteiger partial charge in [0.15, 0.2) is 0 Å². The van der Waals surface area contributed by atoms with Crippen molar-refractivity contribution in [3.8, 4) is 0 Å². The van der Waals surface area contributed by atoms with Gasteiger partial charge in [0.05, 0.1) is 12.8 Å². The molecule has 2 heterocycles. The van der Waals surface area contributed by atoms with Gasteiger partial charge in [-0.05, 0) is 6.07 Å². The summed E-state index contributed by atoms with van der Waals surface area (Å²) in [5.41, 5.74) is 0.569. The molecular formula is C11H15FN2OS. The van der Waals surface area contributed by atoms with Crippen LogP contribution in [0.5, 0.6) is 0 Å². The molecule has 3 nitrogen and oxygen atoms in total. The number of pyridine rings is 1. The Morgan fingerprint density at radius 1 is 1.69 bits per heavy atom. The number of anilines is 1. The van der Waals surface area contributed by atoms with Gasteiger partial charge in [-0.2, -0.15) is 11.8 Å². The predicted octanol–water partition coefficient (Wildman–Crippen LogP) is 1.65. The fraction of sp³-hybridized carbons (Fsp3) is 0.545. The maximum atomic E-state index is 13.0. The van der Waals surface area contributed by atoms with Gasteiger partial charge in [0, 0.05) is 29.7 Å². The lowest BCUT2D eigenvalue weighted by atomic mass is 10.2. The number of aliphatic hydroxyl groups excluding tert-OH is 1. The van der Waals surface area contributed by atoms with E-state index in [-0.39, 0.29) is 6.61 Å². The minimum Gasteiger partial charge on any atom is -0.392 e. The SMILES string of the molecule is CC1CN(c2ncc(F)cc2CO)CCS1. The van der Waals surface area contributed by atoms with E-state index in [0.29, 0.717) is 10.8 Å². The highest BCUT2D eigenvalue weighted by Crippen LogP contribution is 2.25. The second-order valence-corrected chi connectivity index (χ2v) is 5.47. The summed E-state index contributed by atoms with van der Waals surface area (Å²) in [4.78, 5) is 6.21. The molecule has 0 amide bonds. The maximum absolute atomic E-state index is 13.0. The van der Waals surface area contributed by atoms with Gasteiger partial charge in [-0.1, -0.05) is 6.92 Å². The third-order valence-corrected chi connectivity index (χ3v) is 3.76. The summed E-state index contributed by atoms with van der Waals surface area (Å²) in [6, 6.07) is 1.36. The van der Waals surface area contributed by atoms with Crippen molar-refractivity contribution in [2.24, 2.45) is 0 Å². The Morgan fingerprint density at radius 3 is 3.19 bits per heavy atom. The van der Waals surface area contributed by atoms with Crippen molar-refractivity contribution in [1.29, 1.82) is 0 Å². The average Bonchev–Trinajstić information content (AvgIpc) is 2.28. The molecule has 0 radical (unpaired) electrons. The van der Waals surface area contributed by atoms with E-state index in [0.717, 1.165) is 24.7 Å². The molecule has 5 heteroatoms. The largest absolute Gasteiger partial charge is 0.392 e. The molecule has 1 saturated heterocycles. The normalized spacial score (nSPS) is 21.2. The van der Waals surface area contributed by atoms with E-state index >= 15 is 0 Å². The molecule has 1 aromatic heterocycles. The third kappa shape index (κ3) is 2.47. The van der Waals surface area contributed by atoms with Crippen LogP contribution in [-0.2, 0) is 6.61 Å². The van der Waals surface area contributed by atoms with Crippen LogP contribution in [-0.4, -0.2) is 34.2 Å². The molecule has 1 fully saturated rings. The van der Waals surface area contributed by atoms with E-state index in [4.69, 9.17) is 0 Å². The number of rotatable bonds is 2. The first-order chi connectivity index (χ1) is 7.70. The van der Waals surface area contributed by atoms with Gasteiger partial charge < -0.3 is 10.0 Å². The van der Waals surface area contributed by atoms with Crippen LogP contribution in [0.1, 0.15) is 12.5 Å². The monoisotopic (exact) mass is 242 g/mol. The van der Waals surface area contributed by atoms with E-state index < -0.39 is 5.82 Å². The topological polar surface area (TPSA) is 36.4 Å². The first-order valence-electron chi connectivity index (χ1n) is 5.32. The van der Waals surface area contributed by atoms with Crippen LogP contribution in [0.2, 0.25) is 0 Å². The number of thioether (sulfide) groups is 1. The highest BCUT2D eigenvalue weighted by molar-refractivity contribution is 8.00. The molecule has 1 atom stereocenters. The van der Waals surface area contributed by atoms with Crippen LogP contribution in [0, 0.1) is 5.82 Å². The van der Waals surface area contributed by atoms with Gasteiger partial charge in [0.1, 0.15) is 11.6 Å². The quantitative estimate of drug-likeness (QED) is 0.855. The lowest BCUT2D eigenvalue weighted by molar-refractivity contribution is 0.281. The van der Waals surface area contributed by atoms with Gasteiger partial charge >= 0.3 is 0 Å². The third-order valence-electron chi connectivity index (χ3n) is 2.62. The van der Waals surface area contributed by atoms with Crippen LogP contribution < -0.4 is 4.90 Å². The van der Waals surface area contributed by atoms with E-state index in [1.54, 1.807) is 0 Å². The molecule has 1 unspecified atom stereocenters. The number of hydrogen-bond acceptors (Lipinski definition) is 4. The number of hydrogen-bond donors (Lipinski definition) is 1. The Balaban J connectivity index is 2.24. The summed E-state index contributed by atoms with van der Waals surface area (Å²) in [6.07, 6.45) is 1.21. The standard InChI is InChI=1S/C11H15FN2OS/c1-8-6-14(2-3-16-8)11-9(7-15)4-10(12)5-13-11/h4-5,8,15H,2-3,6-7H2,1H3. The van der Waals surface area contributed by atoms with E-state index in [9.17, 15) is 9.50 Å². The zero-order chi connectivity index (χ0) is 11.5. The molecule has 88 valence electrons. The Hall–Kier alpha value is -0.810. The van der Waals surface area contributed by atoms with Crippen LogP contribution in [0.15, 0.2) is 12.3 Å². The van der Waals surface area contributed by atoms with Gasteiger partial charge in [-0.25, -0.2) is 9.37 Å². The van der Waals surface area contributed by atoms with Gasteiger partial charge in [0.2, 0.25) is 0 Å². The van der Waals surface area contributed by atoms with Crippen molar-refractivity contribution in [2.75, 3.05) is 23.7 Å². The molecular weight excluding hydrogens is 227 g/mol. The zero-order valence-electron chi connectivity index (χ0n) is 9.19. The Bertz CT molecular complexity index is 375. The number of halogens is 1. The summed E-state index contributed by atoms with van der Waals surface area (Å²) in [6.45, 7) is 3.80. The summed E-state index contributed by atoms with van der Waals surface area (Å²) in [7, 11) is 0. The molecule has 1 aliphatic heterocycles. The molecule has 0 aromatic carbocycles. The van der Waals surface area contributed by atoms with Crippen molar-refractivity contribution in [1.82, 2.24) is 4.98 Å². The summed E-state index contributed by atoms with van der Waals surface area (Å²) < 4.78 is 13.0. The first kappa shape index (κ1) is 11.7. The molecule has 0 bridgehead atoms. The van der Waals surface area contributed by atoms with Crippen LogP contribution in [0.3, 0.4) is 0 Å². The fourth-order valence-electron chi connectivity index (χ4n) is 1.89. The number of nitrogens with zero attached hydrogens (tertiary/aromatic N) is 2. The Kier molecular flexibility index (Phi) is 3.66. The van der Waals surface area contributed by atoms with Crippen molar-refractivity contribution >= 4 is 17.6 Å². The molecule has 1 aromatic rings. The van der Waals surface area contributed by atoms with Crippen molar-refractivity contribution in [3.05, 3.63) is 23.6 Å². The minimum atomic E-state index is -0.396. The van der Waals surface area contributed by atoms with Crippen LogP contribution in [0.4, 0.5) is 10.2 Å². The van der Waals surface area contributed by atoms with Crippen LogP contribution >= 0.6 is 11.8 Å². The molecule has 0 spiro atoms. The molecule has 1 N–H and O–H groups in total. The second-order valence-electron chi connectivity index (χ2n) is 3.92. The zero-order valence-corrected chi connectivity index (χ0v) is 10.0. The maximum Gasteiger partial charge on any atom is 0.142 e. The summed E-state index contributed by atoms with van der Waals surface area (Å²) in [5.74, 6) is 1.37. The second kappa shape index (κ2) is 5.01. The molecule has 1 aliphatic rings. The lowest BCUT2D eigenvalue weighted by Gasteiger charge is -2.32. The predicted molar refractivity (Wildman–Crippen MR) is 64.3 cm³/mol. The van der Waals surface area contributed by atoms with Crippen molar-refractivity contribution in [2.45, 2.75) is 18.8 Å². The summed E-state index contributed by atoms with van der Waals surface area (Å²) >= 11 is 1.93. The van der Waals surface area contributed by atoms with Gasteiger partial charge in [-0.3, -0.25) is 0 Å². The van der Waals surface area contributed by atoms with Gasteiger partial charge in [0.25, 0.3) is 0 Å². The minimum absolute atomic E-state index is 0.169. The fourth-order valence-corrected chi connectivity index (χ4v) is 2.90. The highest BCUT2D eigenvalue weighted by Gasteiger charge is 2.20. The van der Waals surface area contributed by atoms with Crippen molar-refractivity contribution < 1.29 is 9.50 Å². The van der Waals surface area contributed by atoms with E-state index in [1.807, 2.05) is 11.8 Å². The summed E-state index contributed by atoms with van der Waals surface area (Å²) in [5, 5.41) is 9.75. The molecule has 2 rings (SSSR count). The number of aromatic nitrogens is 1. The van der Waals surface area contributed by atoms with E-state index in [1.165, 1.54) is 12.3 Å². The molecule has 0 aliphatic carbocycles. The number of aliphatic hydroxyl groups is 1. The van der Waals surface area contributed by atoms with Gasteiger partial charge in [-0.15, -0.1) is 0 Å². The Labute approximate surface area is 98.7 Å². The average molecular weight is 242 g/mol. The lowest BCUT2D eigenvalue weighted by Crippen LogP contribution is -2.37. The van der Waals surface area contributed by atoms with Crippen molar-refractivity contribution in [3.63, 3.8) is 0 Å². The highest BCUT2D eigenvalue weighted by atomic mass is 32.2. The van der Waals surface area contributed by atoms with Crippen LogP contribution in [0.25, 0.3) is 0 Å². The smallest absolute Gasteiger partial charge is 0.142 e. The molecule has 16 heavy (non-hydrogen) atoms. The molecule has 0 saturated carbocycles. The first-order valence-corrected chi connectivity index (χ1v) is 6.37. The Morgan fingerprint density at radius 2 is 2.50 bits per heavy atom. The van der Waals surface area contributed by atoms with E-state index in [2.05, 4.69) is 16.8 Å².